The Balaban J connectivity index is 1.47. The molecule has 3 rings (SSSR count). The number of hydrogen-bond acceptors (Lipinski definition) is 5. The first-order chi connectivity index (χ1) is 15.9. The summed E-state index contributed by atoms with van der Waals surface area (Å²) in [6.45, 7) is 3.70. The van der Waals surface area contributed by atoms with Crippen LogP contribution < -0.4 is 20.8 Å². The first-order valence-corrected chi connectivity index (χ1v) is 10.2. The molecule has 0 aliphatic heterocycles. The molecule has 33 heavy (non-hydrogen) atoms. The molecule has 0 aliphatic carbocycles. The summed E-state index contributed by atoms with van der Waals surface area (Å²) >= 11 is 0. The summed E-state index contributed by atoms with van der Waals surface area (Å²) in [5, 5.41) is 9.06. The quantitative estimate of drug-likeness (QED) is 0.295. The molecule has 3 aromatic rings. The zero-order chi connectivity index (χ0) is 23.6. The third-order valence-corrected chi connectivity index (χ3v) is 4.43. The first-order valence-electron chi connectivity index (χ1n) is 10.2. The summed E-state index contributed by atoms with van der Waals surface area (Å²) in [5.41, 5.74) is 6.09. The number of nitrogens with zero attached hydrogens (tertiary/aromatic N) is 1. The van der Waals surface area contributed by atoms with Crippen molar-refractivity contribution < 1.29 is 19.1 Å². The van der Waals surface area contributed by atoms with Gasteiger partial charge in [-0.25, -0.2) is 5.43 Å². The Kier molecular flexibility index (Phi) is 7.91. The highest BCUT2D eigenvalue weighted by Crippen LogP contribution is 2.13. The molecule has 0 saturated heterocycles. The lowest BCUT2D eigenvalue weighted by Crippen LogP contribution is -2.32. The maximum Gasteiger partial charge on any atom is 0.329 e. The second-order valence-corrected chi connectivity index (χ2v) is 7.30. The lowest BCUT2D eigenvalue weighted by atomic mass is 10.2. The van der Waals surface area contributed by atoms with Gasteiger partial charge in [-0.1, -0.05) is 42.0 Å². The molecule has 0 aliphatic rings. The zero-order valence-electron chi connectivity index (χ0n) is 18.3. The van der Waals surface area contributed by atoms with Crippen LogP contribution in [-0.4, -0.2) is 30.5 Å². The van der Waals surface area contributed by atoms with Crippen LogP contribution in [0.25, 0.3) is 0 Å². The van der Waals surface area contributed by atoms with Crippen molar-refractivity contribution in [3.05, 3.63) is 89.5 Å². The number of benzene rings is 3. The summed E-state index contributed by atoms with van der Waals surface area (Å²) < 4.78 is 5.53. The van der Waals surface area contributed by atoms with Crippen molar-refractivity contribution in [2.75, 3.05) is 17.2 Å². The molecule has 3 amide bonds. The van der Waals surface area contributed by atoms with E-state index in [4.69, 9.17) is 4.74 Å². The number of aryl methyl sites for hydroxylation is 2. The molecule has 168 valence electrons. The molecular formula is C25H24N4O4. The van der Waals surface area contributed by atoms with Crippen molar-refractivity contribution in [1.82, 2.24) is 5.43 Å². The van der Waals surface area contributed by atoms with Crippen molar-refractivity contribution >= 4 is 35.3 Å². The molecule has 0 fully saturated rings. The Hall–Kier alpha value is -4.46. The van der Waals surface area contributed by atoms with Crippen LogP contribution in [0.4, 0.5) is 11.4 Å². The van der Waals surface area contributed by atoms with Gasteiger partial charge in [0.2, 0.25) is 0 Å². The molecule has 0 atom stereocenters. The highest BCUT2D eigenvalue weighted by molar-refractivity contribution is 6.39. The highest BCUT2D eigenvalue weighted by Gasteiger charge is 2.12. The summed E-state index contributed by atoms with van der Waals surface area (Å²) in [6.07, 6.45) is 1.37. The normalized spacial score (nSPS) is 10.5. The molecule has 8 heteroatoms. The molecule has 0 bridgehead atoms. The average Bonchev–Trinajstić information content (AvgIpc) is 2.79. The second-order valence-electron chi connectivity index (χ2n) is 7.30. The number of rotatable bonds is 7. The lowest BCUT2D eigenvalue weighted by molar-refractivity contribution is -0.136. The van der Waals surface area contributed by atoms with E-state index in [-0.39, 0.29) is 12.5 Å². The number of hydrazone groups is 1. The van der Waals surface area contributed by atoms with Gasteiger partial charge in [0.15, 0.2) is 6.61 Å². The average molecular weight is 444 g/mol. The highest BCUT2D eigenvalue weighted by atomic mass is 16.5. The second kappa shape index (κ2) is 11.2. The van der Waals surface area contributed by atoms with Crippen molar-refractivity contribution in [3.63, 3.8) is 0 Å². The number of hydrogen-bond donors (Lipinski definition) is 3. The number of ether oxygens (including phenoxy) is 1. The number of nitrogens with one attached hydrogen (secondary N) is 3. The number of anilines is 2. The molecular weight excluding hydrogens is 420 g/mol. The van der Waals surface area contributed by atoms with Gasteiger partial charge in [0.1, 0.15) is 5.75 Å². The van der Waals surface area contributed by atoms with Gasteiger partial charge in [0.25, 0.3) is 5.91 Å². The van der Waals surface area contributed by atoms with Gasteiger partial charge in [0.05, 0.1) is 6.21 Å². The Morgan fingerprint density at radius 2 is 1.58 bits per heavy atom. The molecule has 8 nitrogen and oxygen atoms in total. The van der Waals surface area contributed by atoms with E-state index in [0.29, 0.717) is 22.7 Å². The van der Waals surface area contributed by atoms with Gasteiger partial charge in [-0.3, -0.25) is 14.4 Å². The maximum absolute atomic E-state index is 12.1. The number of amides is 3. The smallest absolute Gasteiger partial charge is 0.329 e. The molecule has 0 unspecified atom stereocenters. The fourth-order valence-electron chi connectivity index (χ4n) is 2.79. The SMILES string of the molecule is Cc1ccc(NC(=O)C(=O)N/N=C\c2cccc(OCC(=O)Nc3cccc(C)c3)c2)cc1. The maximum atomic E-state index is 12.1. The molecule has 0 saturated carbocycles. The van der Waals surface area contributed by atoms with Crippen LogP contribution in [0.1, 0.15) is 16.7 Å². The van der Waals surface area contributed by atoms with E-state index < -0.39 is 11.8 Å². The summed E-state index contributed by atoms with van der Waals surface area (Å²) in [7, 11) is 0. The van der Waals surface area contributed by atoms with Crippen LogP contribution in [0.5, 0.6) is 5.75 Å². The molecule has 3 aromatic carbocycles. The van der Waals surface area contributed by atoms with Crippen LogP contribution in [0, 0.1) is 13.8 Å². The lowest BCUT2D eigenvalue weighted by Gasteiger charge is -2.08. The Bertz CT molecular complexity index is 1170. The van der Waals surface area contributed by atoms with Gasteiger partial charge >= 0.3 is 11.8 Å². The first kappa shape index (κ1) is 23.2. The Morgan fingerprint density at radius 1 is 0.818 bits per heavy atom. The summed E-state index contributed by atoms with van der Waals surface area (Å²) in [6, 6.07) is 21.3. The predicted octanol–water partition coefficient (Wildman–Crippen LogP) is 3.41. The van der Waals surface area contributed by atoms with E-state index in [1.807, 2.05) is 44.2 Å². The number of carbonyl (C=O) groups excluding carboxylic acids is 3. The monoisotopic (exact) mass is 444 g/mol. The fraction of sp³-hybridized carbons (Fsp3) is 0.120. The van der Waals surface area contributed by atoms with Gasteiger partial charge in [-0.15, -0.1) is 0 Å². The van der Waals surface area contributed by atoms with E-state index in [1.54, 1.807) is 42.5 Å². The minimum atomic E-state index is -0.896. The molecule has 0 spiro atoms. The minimum Gasteiger partial charge on any atom is -0.484 e. The van der Waals surface area contributed by atoms with Crippen LogP contribution in [0.15, 0.2) is 77.9 Å². The molecule has 0 aromatic heterocycles. The summed E-state index contributed by atoms with van der Waals surface area (Å²) in [5.74, 6) is -1.55. The predicted molar refractivity (Wildman–Crippen MR) is 127 cm³/mol. The number of carbonyl (C=O) groups is 3. The summed E-state index contributed by atoms with van der Waals surface area (Å²) in [4.78, 5) is 35.9. The third-order valence-electron chi connectivity index (χ3n) is 4.43. The van der Waals surface area contributed by atoms with Crippen LogP contribution in [0.2, 0.25) is 0 Å². The molecule has 3 N–H and O–H groups in total. The van der Waals surface area contributed by atoms with Crippen LogP contribution in [0.3, 0.4) is 0 Å². The van der Waals surface area contributed by atoms with E-state index in [2.05, 4.69) is 21.2 Å². The van der Waals surface area contributed by atoms with Crippen molar-refractivity contribution in [2.45, 2.75) is 13.8 Å². The molecule has 0 heterocycles. The van der Waals surface area contributed by atoms with E-state index >= 15 is 0 Å². The van der Waals surface area contributed by atoms with Crippen molar-refractivity contribution in [3.8, 4) is 5.75 Å². The Morgan fingerprint density at radius 3 is 2.33 bits per heavy atom. The van der Waals surface area contributed by atoms with Crippen LogP contribution in [-0.2, 0) is 14.4 Å². The van der Waals surface area contributed by atoms with Gasteiger partial charge in [0, 0.05) is 11.4 Å². The van der Waals surface area contributed by atoms with Gasteiger partial charge < -0.3 is 15.4 Å². The van der Waals surface area contributed by atoms with Crippen molar-refractivity contribution in [2.24, 2.45) is 5.10 Å². The standard InChI is InChI=1S/C25H24N4O4/c1-17-9-11-20(12-10-17)28-24(31)25(32)29-26-15-19-6-4-8-22(14-19)33-16-23(30)27-21-7-3-5-18(2)13-21/h3-15H,16H2,1-2H3,(H,27,30)(H,28,31)(H,29,32)/b26-15-. The Labute approximate surface area is 191 Å². The van der Waals surface area contributed by atoms with E-state index in [0.717, 1.165) is 11.1 Å². The van der Waals surface area contributed by atoms with E-state index in [9.17, 15) is 14.4 Å². The van der Waals surface area contributed by atoms with E-state index in [1.165, 1.54) is 6.21 Å². The largest absolute Gasteiger partial charge is 0.484 e. The topological polar surface area (TPSA) is 109 Å². The van der Waals surface area contributed by atoms with Crippen LogP contribution >= 0.6 is 0 Å². The van der Waals surface area contributed by atoms with Gasteiger partial charge in [-0.2, -0.15) is 5.10 Å². The fourth-order valence-corrected chi connectivity index (χ4v) is 2.79. The zero-order valence-corrected chi connectivity index (χ0v) is 18.3. The minimum absolute atomic E-state index is 0.162. The van der Waals surface area contributed by atoms with Gasteiger partial charge in [-0.05, 0) is 61.4 Å². The van der Waals surface area contributed by atoms with Crippen molar-refractivity contribution in [1.29, 1.82) is 0 Å². The molecule has 0 radical (unpaired) electrons. The third kappa shape index (κ3) is 7.62.